The van der Waals surface area contributed by atoms with Gasteiger partial charge in [-0.05, 0) is 51.4 Å². The molecule has 0 saturated heterocycles. The first-order valence-electron chi connectivity index (χ1n) is 24.9. The van der Waals surface area contributed by atoms with E-state index in [1.165, 1.54) is 238 Å². The largest absolute Gasteiger partial charge is 0.466 e. The van der Waals surface area contributed by atoms with Gasteiger partial charge in [-0.25, -0.2) is 0 Å². The number of hydrogen-bond acceptors (Lipinski definition) is 3. The third-order valence-corrected chi connectivity index (χ3v) is 11.4. The van der Waals surface area contributed by atoms with Crippen molar-refractivity contribution >= 4 is 5.97 Å². The highest BCUT2D eigenvalue weighted by atomic mass is 16.5. The van der Waals surface area contributed by atoms with Crippen LogP contribution in [0.2, 0.25) is 0 Å². The van der Waals surface area contributed by atoms with E-state index in [4.69, 9.17) is 9.84 Å². The number of carbonyl (C=O) groups excluding carboxylic acids is 1. The molecule has 3 nitrogen and oxygen atoms in total. The van der Waals surface area contributed by atoms with Crippen LogP contribution in [0.1, 0.15) is 283 Å². The molecule has 0 spiro atoms. The first kappa shape index (κ1) is 52.9. The van der Waals surface area contributed by atoms with Crippen LogP contribution in [0.4, 0.5) is 0 Å². The van der Waals surface area contributed by atoms with Gasteiger partial charge in [0, 0.05) is 13.0 Å². The van der Waals surface area contributed by atoms with Crippen LogP contribution in [0.5, 0.6) is 0 Å². The van der Waals surface area contributed by atoms with Gasteiger partial charge < -0.3 is 9.84 Å². The van der Waals surface area contributed by atoms with Crippen LogP contribution in [-0.2, 0) is 9.53 Å². The van der Waals surface area contributed by atoms with Gasteiger partial charge in [-0.15, -0.1) is 0 Å². The smallest absolute Gasteiger partial charge is 0.305 e. The minimum Gasteiger partial charge on any atom is -0.466 e. The van der Waals surface area contributed by atoms with Crippen molar-refractivity contribution in [1.29, 1.82) is 0 Å². The molecule has 3 heteroatoms. The molecule has 1 N–H and O–H groups in total. The quantitative estimate of drug-likeness (QED) is 0.0382. The fourth-order valence-electron chi connectivity index (χ4n) is 7.68. The Hall–Kier alpha value is -1.09. The number of unbranched alkanes of at least 4 members (excludes halogenated alkanes) is 38. The van der Waals surface area contributed by atoms with Crippen LogP contribution in [0.25, 0.3) is 0 Å². The Morgan fingerprint density at radius 2 is 0.667 bits per heavy atom. The second-order valence-corrected chi connectivity index (χ2v) is 16.9. The van der Waals surface area contributed by atoms with Gasteiger partial charge in [0.2, 0.25) is 0 Å². The number of allylic oxidation sites excluding steroid dienone is 4. The molecule has 0 rings (SSSR count). The number of aliphatic hydroxyl groups is 1. The van der Waals surface area contributed by atoms with Gasteiger partial charge in [0.1, 0.15) is 0 Å². The lowest BCUT2D eigenvalue weighted by atomic mass is 10.0. The Balaban J connectivity index is 3.16. The van der Waals surface area contributed by atoms with Crippen molar-refractivity contribution in [2.45, 2.75) is 283 Å². The summed E-state index contributed by atoms with van der Waals surface area (Å²) in [4.78, 5) is 12.0. The predicted octanol–water partition coefficient (Wildman–Crippen LogP) is 17.4. The molecule has 54 heavy (non-hydrogen) atoms. The molecule has 0 amide bonds. The summed E-state index contributed by atoms with van der Waals surface area (Å²) in [6.45, 7) is 3.24. The Morgan fingerprint density at radius 1 is 0.370 bits per heavy atom. The predicted molar refractivity (Wildman–Crippen MR) is 241 cm³/mol. The Bertz CT molecular complexity index is 743. The van der Waals surface area contributed by atoms with Crippen LogP contribution >= 0.6 is 0 Å². The second kappa shape index (κ2) is 49.9. The summed E-state index contributed by atoms with van der Waals surface area (Å²) in [5.41, 5.74) is 0. The zero-order valence-electron chi connectivity index (χ0n) is 36.9. The van der Waals surface area contributed by atoms with E-state index >= 15 is 0 Å². The fraction of sp³-hybridized carbons (Fsp3) is 0.902. The number of esters is 1. The molecular formula is C51H98O3. The van der Waals surface area contributed by atoms with Crippen LogP contribution in [0.3, 0.4) is 0 Å². The van der Waals surface area contributed by atoms with E-state index in [1.54, 1.807) is 0 Å². The Kier molecular flexibility index (Phi) is 48.9. The van der Waals surface area contributed by atoms with Gasteiger partial charge in [0.25, 0.3) is 0 Å². The summed E-state index contributed by atoms with van der Waals surface area (Å²) in [5, 5.41) is 8.81. The summed E-state index contributed by atoms with van der Waals surface area (Å²) in [6.07, 6.45) is 66.1. The molecule has 0 radical (unpaired) electrons. The highest BCUT2D eigenvalue weighted by molar-refractivity contribution is 5.69. The Morgan fingerprint density at radius 3 is 1.02 bits per heavy atom. The van der Waals surface area contributed by atoms with E-state index in [0.717, 1.165) is 32.1 Å². The lowest BCUT2D eigenvalue weighted by Gasteiger charge is -2.06. The lowest BCUT2D eigenvalue weighted by molar-refractivity contribution is -0.143. The van der Waals surface area contributed by atoms with E-state index in [9.17, 15) is 4.79 Å². The SMILES string of the molecule is CCCCC/C=C\C/C=C\CCCCCCCC(=O)OCCCCCCCCCCCCCCCCCCCCCCCCCCCCCCCCCO. The molecule has 0 fully saturated rings. The third-order valence-electron chi connectivity index (χ3n) is 11.4. The minimum atomic E-state index is 0.0121. The van der Waals surface area contributed by atoms with E-state index in [1.807, 2.05) is 0 Å². The molecule has 0 atom stereocenters. The average Bonchev–Trinajstić information content (AvgIpc) is 3.18. The maximum atomic E-state index is 12.0. The van der Waals surface area contributed by atoms with Crippen molar-refractivity contribution in [2.75, 3.05) is 13.2 Å². The minimum absolute atomic E-state index is 0.0121. The van der Waals surface area contributed by atoms with Gasteiger partial charge in [-0.3, -0.25) is 4.79 Å². The summed E-state index contributed by atoms with van der Waals surface area (Å²) in [7, 11) is 0. The van der Waals surface area contributed by atoms with E-state index in [2.05, 4.69) is 31.2 Å². The molecule has 0 aliphatic carbocycles. The first-order valence-corrected chi connectivity index (χ1v) is 24.9. The van der Waals surface area contributed by atoms with Gasteiger partial charge in [0.05, 0.1) is 6.61 Å². The van der Waals surface area contributed by atoms with Crippen molar-refractivity contribution in [3.63, 3.8) is 0 Å². The topological polar surface area (TPSA) is 46.5 Å². The molecule has 0 aromatic heterocycles. The fourth-order valence-corrected chi connectivity index (χ4v) is 7.68. The zero-order chi connectivity index (χ0) is 38.9. The highest BCUT2D eigenvalue weighted by Crippen LogP contribution is 2.17. The summed E-state index contributed by atoms with van der Waals surface area (Å²) in [6, 6.07) is 0. The first-order chi connectivity index (χ1) is 26.8. The monoisotopic (exact) mass is 759 g/mol. The van der Waals surface area contributed by atoms with Crippen molar-refractivity contribution in [3.05, 3.63) is 24.3 Å². The molecule has 0 unspecified atom stereocenters. The number of rotatable bonds is 47. The standard InChI is InChI=1S/C51H98O3/c1-2-3-4-5-6-7-8-9-27-30-33-36-39-42-45-48-51(53)54-50-47-44-41-38-35-32-29-26-24-22-20-18-16-14-12-10-11-13-15-17-19-21-23-25-28-31-34-37-40-43-46-49-52/h6-7,9,27,52H,2-5,8,10-26,28-50H2,1H3/b7-6-,27-9-. The van der Waals surface area contributed by atoms with Gasteiger partial charge in [0.15, 0.2) is 0 Å². The lowest BCUT2D eigenvalue weighted by Crippen LogP contribution is -2.05. The van der Waals surface area contributed by atoms with Crippen molar-refractivity contribution in [3.8, 4) is 0 Å². The molecule has 0 saturated carbocycles. The van der Waals surface area contributed by atoms with Crippen molar-refractivity contribution in [1.82, 2.24) is 0 Å². The maximum absolute atomic E-state index is 12.0. The molecule has 320 valence electrons. The van der Waals surface area contributed by atoms with Crippen molar-refractivity contribution in [2.24, 2.45) is 0 Å². The highest BCUT2D eigenvalue weighted by Gasteiger charge is 2.03. The van der Waals surface area contributed by atoms with Crippen molar-refractivity contribution < 1.29 is 14.6 Å². The normalized spacial score (nSPS) is 11.8. The third kappa shape index (κ3) is 48.9. The summed E-state index contributed by atoms with van der Waals surface area (Å²) in [5.74, 6) is 0.0121. The molecule has 0 aliphatic heterocycles. The van der Waals surface area contributed by atoms with E-state index in [0.29, 0.717) is 19.6 Å². The van der Waals surface area contributed by atoms with Crippen LogP contribution < -0.4 is 0 Å². The van der Waals surface area contributed by atoms with Crippen LogP contribution in [0.15, 0.2) is 24.3 Å². The summed E-state index contributed by atoms with van der Waals surface area (Å²) < 4.78 is 5.47. The maximum Gasteiger partial charge on any atom is 0.305 e. The molecule has 0 heterocycles. The number of carbonyl (C=O) groups is 1. The van der Waals surface area contributed by atoms with E-state index in [-0.39, 0.29) is 5.97 Å². The van der Waals surface area contributed by atoms with Gasteiger partial charge >= 0.3 is 5.97 Å². The number of hydrogen-bond donors (Lipinski definition) is 1. The zero-order valence-corrected chi connectivity index (χ0v) is 36.9. The van der Waals surface area contributed by atoms with Crippen LogP contribution in [0, 0.1) is 0 Å². The second-order valence-electron chi connectivity index (χ2n) is 16.9. The molecule has 0 aliphatic rings. The van der Waals surface area contributed by atoms with Gasteiger partial charge in [-0.1, -0.05) is 250 Å². The molecule has 0 aromatic rings. The number of ether oxygens (including phenoxy) is 1. The number of aliphatic hydroxyl groups excluding tert-OH is 1. The average molecular weight is 759 g/mol. The molecular weight excluding hydrogens is 661 g/mol. The van der Waals surface area contributed by atoms with E-state index < -0.39 is 0 Å². The molecule has 0 bridgehead atoms. The van der Waals surface area contributed by atoms with Crippen LogP contribution in [-0.4, -0.2) is 24.3 Å². The summed E-state index contributed by atoms with van der Waals surface area (Å²) >= 11 is 0. The molecule has 0 aromatic carbocycles. The van der Waals surface area contributed by atoms with Gasteiger partial charge in [-0.2, -0.15) is 0 Å². The Labute approximate surface area is 340 Å².